The Hall–Kier alpha value is -1.21. The maximum absolute atomic E-state index is 11.3. The summed E-state index contributed by atoms with van der Waals surface area (Å²) >= 11 is 0. The Labute approximate surface area is 105 Å². The van der Waals surface area contributed by atoms with Gasteiger partial charge in [-0.05, 0) is 28.1 Å². The fraction of sp³-hybridized carbons (Fsp3) is 0.385. The van der Waals surface area contributed by atoms with E-state index in [-0.39, 0.29) is 11.4 Å². The normalized spacial score (nSPS) is 10.8. The van der Waals surface area contributed by atoms with Crippen LogP contribution in [0, 0.1) is 0 Å². The third-order valence-electron chi connectivity index (χ3n) is 2.09. The minimum absolute atomic E-state index is 0.0327. The van der Waals surface area contributed by atoms with E-state index in [4.69, 9.17) is 0 Å². The highest BCUT2D eigenvalue weighted by Gasteiger charge is 2.15. The molecule has 1 unspecified atom stereocenters. The summed E-state index contributed by atoms with van der Waals surface area (Å²) < 4.78 is 0. The fourth-order valence-corrected chi connectivity index (χ4v) is 1.52. The smallest absolute Gasteiger partial charge is 0.235 e. The molecule has 1 aromatic carbocycles. The minimum Gasteiger partial charge on any atom is -0.343 e. The molecule has 1 rings (SSSR count). The van der Waals surface area contributed by atoms with Gasteiger partial charge in [0.2, 0.25) is 5.65 Å². The fourth-order valence-electron chi connectivity index (χ4n) is 1.32. The molecule has 0 bridgehead atoms. The molecule has 94 valence electrons. The predicted octanol–water partition coefficient (Wildman–Crippen LogP) is 2.80. The maximum atomic E-state index is 11.3. The molecule has 1 amide bonds. The SMILES string of the molecule is CC.CC(=O)[C@@H](Cc1ccccc1)NC(=O)P. The van der Waals surface area contributed by atoms with Crippen molar-refractivity contribution >= 4 is 20.7 Å². The number of hydrogen-bond acceptors (Lipinski definition) is 2. The van der Waals surface area contributed by atoms with E-state index in [0.29, 0.717) is 6.42 Å². The topological polar surface area (TPSA) is 46.2 Å². The van der Waals surface area contributed by atoms with Crippen LogP contribution in [0.2, 0.25) is 0 Å². The average Bonchev–Trinajstić information content (AvgIpc) is 2.31. The number of rotatable bonds is 4. The molecular weight excluding hydrogens is 233 g/mol. The van der Waals surface area contributed by atoms with Gasteiger partial charge in [0.25, 0.3) is 0 Å². The highest BCUT2D eigenvalue weighted by molar-refractivity contribution is 7.39. The summed E-state index contributed by atoms with van der Waals surface area (Å²) in [6.45, 7) is 5.48. The van der Waals surface area contributed by atoms with Gasteiger partial charge in [-0.1, -0.05) is 44.2 Å². The monoisotopic (exact) mass is 253 g/mol. The molecule has 0 aliphatic heterocycles. The number of amides is 1. The zero-order valence-corrected chi connectivity index (χ0v) is 11.7. The molecule has 1 aromatic rings. The van der Waals surface area contributed by atoms with Crippen molar-refractivity contribution in [1.29, 1.82) is 0 Å². The third-order valence-corrected chi connectivity index (χ3v) is 2.26. The van der Waals surface area contributed by atoms with Crippen molar-refractivity contribution in [1.82, 2.24) is 5.32 Å². The first-order chi connectivity index (χ1) is 8.09. The van der Waals surface area contributed by atoms with E-state index in [0.717, 1.165) is 5.56 Å². The lowest BCUT2D eigenvalue weighted by Crippen LogP contribution is -2.38. The summed E-state index contributed by atoms with van der Waals surface area (Å²) in [4.78, 5) is 22.1. The van der Waals surface area contributed by atoms with Gasteiger partial charge in [-0.2, -0.15) is 0 Å². The molecule has 4 heteroatoms. The number of Topliss-reactive ketones (excluding diaryl/α,β-unsaturated/α-hetero) is 1. The Morgan fingerprint density at radius 3 is 2.18 bits per heavy atom. The molecule has 3 nitrogen and oxygen atoms in total. The molecule has 0 saturated carbocycles. The van der Waals surface area contributed by atoms with Gasteiger partial charge < -0.3 is 5.32 Å². The molecule has 0 aliphatic carbocycles. The summed E-state index contributed by atoms with van der Waals surface area (Å²) in [7, 11) is 2.01. The molecule has 0 aromatic heterocycles. The molecule has 1 N–H and O–H groups in total. The molecule has 0 fully saturated rings. The van der Waals surface area contributed by atoms with Crippen molar-refractivity contribution in [2.75, 3.05) is 0 Å². The van der Waals surface area contributed by atoms with Crippen LogP contribution >= 0.6 is 9.24 Å². The Bertz CT molecular complexity index is 352. The lowest BCUT2D eigenvalue weighted by atomic mass is 10.0. The summed E-state index contributed by atoms with van der Waals surface area (Å²) in [5, 5.41) is 2.60. The highest BCUT2D eigenvalue weighted by Crippen LogP contribution is 2.04. The lowest BCUT2D eigenvalue weighted by molar-refractivity contribution is -0.118. The second-order valence-corrected chi connectivity index (χ2v) is 3.89. The second kappa shape index (κ2) is 8.89. The summed E-state index contributed by atoms with van der Waals surface area (Å²) in [6.07, 6.45) is 0.538. The number of carbonyl (C=O) groups excluding carboxylic acids is 2. The van der Waals surface area contributed by atoms with Crippen molar-refractivity contribution in [2.24, 2.45) is 0 Å². The second-order valence-electron chi connectivity index (χ2n) is 3.36. The first-order valence-corrected chi connectivity index (χ1v) is 6.27. The van der Waals surface area contributed by atoms with E-state index in [1.54, 1.807) is 0 Å². The summed E-state index contributed by atoms with van der Waals surface area (Å²) in [6, 6.07) is 9.18. The van der Waals surface area contributed by atoms with Gasteiger partial charge in [0.15, 0.2) is 5.78 Å². The molecular formula is C13H20NO2P. The molecule has 17 heavy (non-hydrogen) atoms. The van der Waals surface area contributed by atoms with E-state index < -0.39 is 6.04 Å². The van der Waals surface area contributed by atoms with Gasteiger partial charge in [0.05, 0.1) is 6.04 Å². The van der Waals surface area contributed by atoms with E-state index in [2.05, 4.69) is 5.32 Å². The van der Waals surface area contributed by atoms with Gasteiger partial charge in [-0.25, -0.2) is 0 Å². The molecule has 0 aliphatic rings. The van der Waals surface area contributed by atoms with Crippen LogP contribution < -0.4 is 5.32 Å². The molecule has 2 atom stereocenters. The molecule has 0 spiro atoms. The van der Waals surface area contributed by atoms with E-state index in [9.17, 15) is 9.59 Å². The number of carbonyl (C=O) groups is 2. The first-order valence-electron chi connectivity index (χ1n) is 5.70. The van der Waals surface area contributed by atoms with Crippen molar-refractivity contribution in [3.63, 3.8) is 0 Å². The quantitative estimate of drug-likeness (QED) is 0.839. The van der Waals surface area contributed by atoms with Crippen LogP contribution in [0.25, 0.3) is 0 Å². The Morgan fingerprint density at radius 1 is 1.24 bits per heavy atom. The maximum Gasteiger partial charge on any atom is 0.235 e. The standard InChI is InChI=1S/C11H14NO2P.C2H6/c1-8(13)10(12-11(14)15)7-9-5-3-2-4-6-9;1-2/h2-6,10H,7,15H2,1H3,(H,12,14);1-2H3/t10-;/m1./s1. The lowest BCUT2D eigenvalue weighted by Gasteiger charge is -2.14. The van der Waals surface area contributed by atoms with Crippen LogP contribution in [0.3, 0.4) is 0 Å². The van der Waals surface area contributed by atoms with Gasteiger partial charge >= 0.3 is 0 Å². The number of benzene rings is 1. The van der Waals surface area contributed by atoms with Gasteiger partial charge in [0, 0.05) is 0 Å². The average molecular weight is 253 g/mol. The largest absolute Gasteiger partial charge is 0.343 e. The minimum atomic E-state index is -0.433. The molecule has 0 heterocycles. The van der Waals surface area contributed by atoms with Gasteiger partial charge in [0.1, 0.15) is 0 Å². The number of hydrogen-bond donors (Lipinski definition) is 1. The van der Waals surface area contributed by atoms with Gasteiger partial charge in [-0.15, -0.1) is 0 Å². The predicted molar refractivity (Wildman–Crippen MR) is 74.2 cm³/mol. The zero-order chi connectivity index (χ0) is 13.3. The van der Waals surface area contributed by atoms with Gasteiger partial charge in [-0.3, -0.25) is 9.59 Å². The van der Waals surface area contributed by atoms with Crippen LogP contribution in [0.4, 0.5) is 4.79 Å². The zero-order valence-electron chi connectivity index (χ0n) is 10.6. The highest BCUT2D eigenvalue weighted by atomic mass is 31.0. The van der Waals surface area contributed by atoms with E-state index in [1.165, 1.54) is 6.92 Å². The van der Waals surface area contributed by atoms with Crippen molar-refractivity contribution in [2.45, 2.75) is 33.2 Å². The Morgan fingerprint density at radius 2 is 1.76 bits per heavy atom. The van der Waals surface area contributed by atoms with Crippen LogP contribution in [0.1, 0.15) is 26.3 Å². The molecule has 0 radical (unpaired) electrons. The Kier molecular flexibility index (Phi) is 8.25. The van der Waals surface area contributed by atoms with Crippen molar-refractivity contribution in [3.8, 4) is 0 Å². The third kappa shape index (κ3) is 6.85. The molecule has 0 saturated heterocycles. The first kappa shape index (κ1) is 15.8. The number of nitrogens with one attached hydrogen (secondary N) is 1. The summed E-state index contributed by atoms with van der Waals surface area (Å²) in [5.74, 6) is -0.0327. The van der Waals surface area contributed by atoms with Crippen LogP contribution in [-0.4, -0.2) is 17.5 Å². The van der Waals surface area contributed by atoms with Crippen LogP contribution in [-0.2, 0) is 11.2 Å². The van der Waals surface area contributed by atoms with Crippen LogP contribution in [0.5, 0.6) is 0 Å². The van der Waals surface area contributed by atoms with E-state index in [1.807, 2.05) is 53.4 Å². The van der Waals surface area contributed by atoms with Crippen LogP contribution in [0.15, 0.2) is 30.3 Å². The van der Waals surface area contributed by atoms with E-state index >= 15 is 0 Å². The Balaban J connectivity index is 0.00000121. The van der Waals surface area contributed by atoms with Crippen molar-refractivity contribution < 1.29 is 9.59 Å². The summed E-state index contributed by atoms with van der Waals surface area (Å²) in [5.41, 5.74) is 0.780. The van der Waals surface area contributed by atoms with Crippen molar-refractivity contribution in [3.05, 3.63) is 35.9 Å². The number of ketones is 1.